The van der Waals surface area contributed by atoms with Gasteiger partial charge in [-0.1, -0.05) is 12.1 Å². The second kappa shape index (κ2) is 9.32. The molecule has 2 aromatic carbocycles. The number of halogens is 1. The maximum atomic E-state index is 13.0. The number of methoxy groups -OCH3 is 1. The van der Waals surface area contributed by atoms with Crippen LogP contribution in [0.3, 0.4) is 0 Å². The van der Waals surface area contributed by atoms with E-state index in [9.17, 15) is 18.8 Å². The van der Waals surface area contributed by atoms with Gasteiger partial charge in [0.15, 0.2) is 0 Å². The molecule has 29 heavy (non-hydrogen) atoms. The standard InChI is InChI=1S/C22H23FN2O4/c1-29-22(28)18-4-2-3-5-19(18)25-21(27)15-8-6-14(7-9-15)20(26)24-17-12-10-16(23)11-13-17/h2-5,10-15H,6-9H2,1H3,(H,24,26)(H,25,27). The van der Waals surface area contributed by atoms with Gasteiger partial charge in [0.1, 0.15) is 5.82 Å². The zero-order valence-electron chi connectivity index (χ0n) is 16.1. The number of esters is 1. The van der Waals surface area contributed by atoms with Crippen LogP contribution in [0.4, 0.5) is 15.8 Å². The summed E-state index contributed by atoms with van der Waals surface area (Å²) < 4.78 is 17.7. The highest BCUT2D eigenvalue weighted by Gasteiger charge is 2.30. The molecule has 152 valence electrons. The van der Waals surface area contributed by atoms with Gasteiger partial charge in [-0.2, -0.15) is 0 Å². The molecule has 7 heteroatoms. The molecule has 0 radical (unpaired) electrons. The number of hydrogen-bond donors (Lipinski definition) is 2. The molecule has 2 N–H and O–H groups in total. The highest BCUT2D eigenvalue weighted by Crippen LogP contribution is 2.31. The van der Waals surface area contributed by atoms with Crippen LogP contribution in [0.2, 0.25) is 0 Å². The van der Waals surface area contributed by atoms with Crippen molar-refractivity contribution in [3.05, 3.63) is 59.9 Å². The normalized spacial score (nSPS) is 18.6. The van der Waals surface area contributed by atoms with Crippen molar-refractivity contribution in [3.63, 3.8) is 0 Å². The molecule has 1 saturated carbocycles. The Balaban J connectivity index is 1.54. The third-order valence-electron chi connectivity index (χ3n) is 5.17. The highest BCUT2D eigenvalue weighted by atomic mass is 19.1. The number of hydrogen-bond acceptors (Lipinski definition) is 4. The van der Waals surface area contributed by atoms with Crippen LogP contribution in [0.15, 0.2) is 48.5 Å². The molecule has 0 aromatic heterocycles. The zero-order valence-corrected chi connectivity index (χ0v) is 16.1. The van der Waals surface area contributed by atoms with Gasteiger partial charge >= 0.3 is 5.97 Å². The molecule has 2 amide bonds. The summed E-state index contributed by atoms with van der Waals surface area (Å²) in [5.74, 6) is -1.57. The Hall–Kier alpha value is -3.22. The lowest BCUT2D eigenvalue weighted by molar-refractivity contribution is -0.125. The van der Waals surface area contributed by atoms with Crippen LogP contribution in [0, 0.1) is 17.7 Å². The smallest absolute Gasteiger partial charge is 0.339 e. The Morgan fingerprint density at radius 1 is 0.862 bits per heavy atom. The molecule has 0 atom stereocenters. The second-order valence-corrected chi connectivity index (χ2v) is 7.07. The van der Waals surface area contributed by atoms with Crippen LogP contribution in [-0.2, 0) is 14.3 Å². The van der Waals surface area contributed by atoms with Crippen molar-refractivity contribution >= 4 is 29.2 Å². The van der Waals surface area contributed by atoms with E-state index in [0.29, 0.717) is 42.6 Å². The number of rotatable bonds is 5. The van der Waals surface area contributed by atoms with Gasteiger partial charge in [-0.15, -0.1) is 0 Å². The lowest BCUT2D eigenvalue weighted by Crippen LogP contribution is -2.32. The second-order valence-electron chi connectivity index (χ2n) is 7.07. The molecular weight excluding hydrogens is 375 g/mol. The van der Waals surface area contributed by atoms with Gasteiger partial charge in [0.05, 0.1) is 18.4 Å². The Morgan fingerprint density at radius 2 is 1.41 bits per heavy atom. The van der Waals surface area contributed by atoms with E-state index in [0.717, 1.165) is 0 Å². The topological polar surface area (TPSA) is 84.5 Å². The fourth-order valence-corrected chi connectivity index (χ4v) is 3.51. The summed E-state index contributed by atoms with van der Waals surface area (Å²) in [6, 6.07) is 12.3. The van der Waals surface area contributed by atoms with E-state index in [2.05, 4.69) is 10.6 Å². The first-order chi connectivity index (χ1) is 14.0. The van der Waals surface area contributed by atoms with E-state index < -0.39 is 5.97 Å². The molecular formula is C22H23FN2O4. The maximum absolute atomic E-state index is 13.0. The van der Waals surface area contributed by atoms with Crippen molar-refractivity contribution in [1.29, 1.82) is 0 Å². The number of ether oxygens (including phenoxy) is 1. The quantitative estimate of drug-likeness (QED) is 0.746. The Labute approximate surface area is 168 Å². The molecule has 1 fully saturated rings. The Morgan fingerprint density at radius 3 is 2.00 bits per heavy atom. The number of benzene rings is 2. The van der Waals surface area contributed by atoms with Crippen molar-refractivity contribution in [1.82, 2.24) is 0 Å². The summed E-state index contributed by atoms with van der Waals surface area (Å²) in [5.41, 5.74) is 1.27. The fraction of sp³-hybridized carbons (Fsp3) is 0.318. The average Bonchev–Trinajstić information content (AvgIpc) is 2.75. The molecule has 2 aromatic rings. The number of amides is 2. The first-order valence-electron chi connectivity index (χ1n) is 9.52. The van der Waals surface area contributed by atoms with Crippen molar-refractivity contribution < 1.29 is 23.5 Å². The van der Waals surface area contributed by atoms with Gasteiger partial charge in [-0.3, -0.25) is 9.59 Å². The van der Waals surface area contributed by atoms with Crippen molar-refractivity contribution in [2.24, 2.45) is 11.8 Å². The number of carbonyl (C=O) groups is 3. The first-order valence-corrected chi connectivity index (χ1v) is 9.52. The lowest BCUT2D eigenvalue weighted by atomic mass is 9.81. The van der Waals surface area contributed by atoms with Gasteiger partial charge in [0.2, 0.25) is 11.8 Å². The molecule has 1 aliphatic carbocycles. The van der Waals surface area contributed by atoms with Gasteiger partial charge in [0.25, 0.3) is 0 Å². The van der Waals surface area contributed by atoms with Crippen LogP contribution in [-0.4, -0.2) is 24.9 Å². The number of nitrogens with one attached hydrogen (secondary N) is 2. The van der Waals surface area contributed by atoms with Gasteiger partial charge in [-0.05, 0) is 62.1 Å². The minimum absolute atomic E-state index is 0.119. The molecule has 3 rings (SSSR count). The SMILES string of the molecule is COC(=O)c1ccccc1NC(=O)C1CCC(C(=O)Nc2ccc(F)cc2)CC1. The van der Waals surface area contributed by atoms with Crippen LogP contribution >= 0.6 is 0 Å². The molecule has 6 nitrogen and oxygen atoms in total. The number of para-hydroxylation sites is 1. The van der Waals surface area contributed by atoms with Crippen LogP contribution in [0.1, 0.15) is 36.0 Å². The number of carbonyl (C=O) groups excluding carboxylic acids is 3. The van der Waals surface area contributed by atoms with E-state index >= 15 is 0 Å². The third kappa shape index (κ3) is 5.19. The predicted octanol–water partition coefficient (Wildman–Crippen LogP) is 4.00. The summed E-state index contributed by atoms with van der Waals surface area (Å²) >= 11 is 0. The van der Waals surface area contributed by atoms with Crippen molar-refractivity contribution in [2.75, 3.05) is 17.7 Å². The predicted molar refractivity (Wildman–Crippen MR) is 107 cm³/mol. The van der Waals surface area contributed by atoms with E-state index in [1.165, 1.54) is 31.4 Å². The summed E-state index contributed by atoms with van der Waals surface area (Å²) in [6.45, 7) is 0. The molecule has 0 heterocycles. The summed E-state index contributed by atoms with van der Waals surface area (Å²) in [6.07, 6.45) is 2.33. The summed E-state index contributed by atoms with van der Waals surface area (Å²) in [5, 5.41) is 5.60. The third-order valence-corrected chi connectivity index (χ3v) is 5.17. The molecule has 0 aliphatic heterocycles. The zero-order chi connectivity index (χ0) is 20.8. The number of anilines is 2. The minimum atomic E-state index is -0.512. The Bertz CT molecular complexity index is 890. The maximum Gasteiger partial charge on any atom is 0.339 e. The molecule has 0 saturated heterocycles. The lowest BCUT2D eigenvalue weighted by Gasteiger charge is -2.27. The molecule has 0 unspecified atom stereocenters. The highest BCUT2D eigenvalue weighted by molar-refractivity contribution is 6.02. The molecule has 1 aliphatic rings. The largest absolute Gasteiger partial charge is 0.465 e. The molecule has 0 spiro atoms. The van der Waals surface area contributed by atoms with Crippen LogP contribution in [0.5, 0.6) is 0 Å². The van der Waals surface area contributed by atoms with Gasteiger partial charge in [0, 0.05) is 17.5 Å². The fourth-order valence-electron chi connectivity index (χ4n) is 3.51. The van der Waals surface area contributed by atoms with Crippen molar-refractivity contribution in [2.45, 2.75) is 25.7 Å². The monoisotopic (exact) mass is 398 g/mol. The summed E-state index contributed by atoms with van der Waals surface area (Å²) in [4.78, 5) is 36.9. The van der Waals surface area contributed by atoms with Crippen LogP contribution in [0.25, 0.3) is 0 Å². The summed E-state index contributed by atoms with van der Waals surface area (Å²) in [7, 11) is 1.29. The van der Waals surface area contributed by atoms with Crippen molar-refractivity contribution in [3.8, 4) is 0 Å². The van der Waals surface area contributed by atoms with E-state index in [-0.39, 0.29) is 29.5 Å². The molecule has 0 bridgehead atoms. The van der Waals surface area contributed by atoms with Gasteiger partial charge < -0.3 is 15.4 Å². The average molecular weight is 398 g/mol. The van der Waals surface area contributed by atoms with E-state index in [4.69, 9.17) is 4.74 Å². The van der Waals surface area contributed by atoms with Gasteiger partial charge in [-0.25, -0.2) is 9.18 Å². The minimum Gasteiger partial charge on any atom is -0.465 e. The van der Waals surface area contributed by atoms with Crippen LogP contribution < -0.4 is 10.6 Å². The van der Waals surface area contributed by atoms with E-state index in [1.807, 2.05) is 0 Å². The Kier molecular flexibility index (Phi) is 6.59. The first kappa shape index (κ1) is 20.5. The van der Waals surface area contributed by atoms with E-state index in [1.54, 1.807) is 24.3 Å².